The molecule has 116 valence electrons. The van der Waals surface area contributed by atoms with Crippen LogP contribution in [0.5, 0.6) is 0 Å². The molecule has 0 aliphatic heterocycles. The molecular weight excluding hydrogens is 338 g/mol. The maximum atomic E-state index is 12.9. The molecule has 0 aromatic heterocycles. The predicted octanol–water partition coefficient (Wildman–Crippen LogP) is 5.03. The van der Waals surface area contributed by atoms with E-state index in [0.29, 0.717) is 12.5 Å². The van der Waals surface area contributed by atoms with Crippen LogP contribution in [0.4, 0.5) is 5.69 Å². The van der Waals surface area contributed by atoms with Crippen molar-refractivity contribution in [2.24, 2.45) is 5.92 Å². The fraction of sp³-hybridized carbons (Fsp3) is 0.316. The van der Waals surface area contributed by atoms with Gasteiger partial charge < -0.3 is 4.90 Å². The number of hydrogen-bond acceptors (Lipinski definition) is 1. The first-order valence-electron chi connectivity index (χ1n) is 7.62. The molecule has 2 rings (SSSR count). The van der Waals surface area contributed by atoms with E-state index in [0.717, 1.165) is 17.7 Å². The Hall–Kier alpha value is -1.61. The van der Waals surface area contributed by atoms with Gasteiger partial charge in [-0.15, -0.1) is 0 Å². The Labute approximate surface area is 141 Å². The first-order chi connectivity index (χ1) is 10.6. The van der Waals surface area contributed by atoms with Crippen LogP contribution in [0.15, 0.2) is 60.7 Å². The topological polar surface area (TPSA) is 20.3 Å². The van der Waals surface area contributed by atoms with Crippen molar-refractivity contribution in [1.29, 1.82) is 0 Å². The first-order valence-corrected chi connectivity index (χ1v) is 8.54. The van der Waals surface area contributed by atoms with E-state index in [1.165, 1.54) is 0 Å². The number of para-hydroxylation sites is 1. The molecule has 0 saturated heterocycles. The predicted molar refractivity (Wildman–Crippen MR) is 96.2 cm³/mol. The molecule has 2 aromatic rings. The molecule has 1 amide bonds. The fourth-order valence-corrected chi connectivity index (χ4v) is 3.35. The zero-order chi connectivity index (χ0) is 15.9. The molecule has 0 aliphatic rings. The second-order valence-electron chi connectivity index (χ2n) is 5.84. The van der Waals surface area contributed by atoms with Gasteiger partial charge in [0.2, 0.25) is 5.91 Å². The van der Waals surface area contributed by atoms with Crippen LogP contribution in [-0.4, -0.2) is 10.7 Å². The number of rotatable bonds is 6. The maximum Gasteiger partial charge on any atom is 0.241 e. The van der Waals surface area contributed by atoms with Crippen LogP contribution in [0.25, 0.3) is 0 Å². The molecule has 0 fully saturated rings. The fourth-order valence-electron chi connectivity index (χ4n) is 2.35. The molecule has 1 atom stereocenters. The molecule has 3 heteroatoms. The molecule has 0 N–H and O–H groups in total. The zero-order valence-corrected chi connectivity index (χ0v) is 14.7. The standard InChI is InChI=1S/C19H22BrNO/c1-15(2)13-18(20)19(22)21(17-11-7-4-8-12-17)14-16-9-5-3-6-10-16/h3-12,15,18H,13-14H2,1-2H3. The van der Waals surface area contributed by atoms with E-state index < -0.39 is 0 Å². The highest BCUT2D eigenvalue weighted by atomic mass is 79.9. The third-order valence-electron chi connectivity index (χ3n) is 3.46. The third-order valence-corrected chi connectivity index (χ3v) is 4.23. The van der Waals surface area contributed by atoms with Gasteiger partial charge in [0.15, 0.2) is 0 Å². The number of nitrogens with zero attached hydrogens (tertiary/aromatic N) is 1. The van der Waals surface area contributed by atoms with Crippen molar-refractivity contribution in [3.05, 3.63) is 66.2 Å². The van der Waals surface area contributed by atoms with Crippen LogP contribution in [0.1, 0.15) is 25.8 Å². The Balaban J connectivity index is 2.24. The normalized spacial score (nSPS) is 12.2. The summed E-state index contributed by atoms with van der Waals surface area (Å²) in [7, 11) is 0. The Morgan fingerprint density at radius 3 is 2.09 bits per heavy atom. The van der Waals surface area contributed by atoms with Crippen molar-refractivity contribution in [3.63, 3.8) is 0 Å². The lowest BCUT2D eigenvalue weighted by atomic mass is 10.1. The monoisotopic (exact) mass is 359 g/mol. The molecule has 0 radical (unpaired) electrons. The minimum Gasteiger partial charge on any atom is -0.307 e. The average Bonchev–Trinajstić information content (AvgIpc) is 2.53. The van der Waals surface area contributed by atoms with Crippen LogP contribution in [0, 0.1) is 5.92 Å². The molecule has 0 spiro atoms. The summed E-state index contributed by atoms with van der Waals surface area (Å²) in [5.41, 5.74) is 2.06. The van der Waals surface area contributed by atoms with Gasteiger partial charge in [0.1, 0.15) is 0 Å². The molecule has 0 aliphatic carbocycles. The van der Waals surface area contributed by atoms with Gasteiger partial charge in [-0.3, -0.25) is 4.79 Å². The highest BCUT2D eigenvalue weighted by Crippen LogP contribution is 2.23. The van der Waals surface area contributed by atoms with Gasteiger partial charge in [-0.1, -0.05) is 78.3 Å². The second-order valence-corrected chi connectivity index (χ2v) is 6.95. The molecule has 2 aromatic carbocycles. The molecular formula is C19H22BrNO. The van der Waals surface area contributed by atoms with E-state index >= 15 is 0 Å². The van der Waals surface area contributed by atoms with Crippen molar-refractivity contribution in [1.82, 2.24) is 0 Å². The number of anilines is 1. The number of halogens is 1. The van der Waals surface area contributed by atoms with Crippen LogP contribution in [0.2, 0.25) is 0 Å². The van der Waals surface area contributed by atoms with E-state index in [1.54, 1.807) is 0 Å². The van der Waals surface area contributed by atoms with Gasteiger partial charge in [-0.05, 0) is 30.0 Å². The van der Waals surface area contributed by atoms with Crippen LogP contribution in [-0.2, 0) is 11.3 Å². The largest absolute Gasteiger partial charge is 0.307 e. The Morgan fingerprint density at radius 1 is 1.00 bits per heavy atom. The second kappa shape index (κ2) is 8.14. The van der Waals surface area contributed by atoms with Crippen molar-refractivity contribution >= 4 is 27.5 Å². The number of amides is 1. The average molecular weight is 360 g/mol. The van der Waals surface area contributed by atoms with Gasteiger partial charge in [0.25, 0.3) is 0 Å². The van der Waals surface area contributed by atoms with Gasteiger partial charge in [0, 0.05) is 5.69 Å². The van der Waals surface area contributed by atoms with Crippen LogP contribution < -0.4 is 4.90 Å². The first kappa shape index (κ1) is 16.8. The van der Waals surface area contributed by atoms with E-state index in [1.807, 2.05) is 53.4 Å². The minimum absolute atomic E-state index is 0.115. The molecule has 0 saturated carbocycles. The number of carbonyl (C=O) groups excluding carboxylic acids is 1. The SMILES string of the molecule is CC(C)CC(Br)C(=O)N(Cc1ccccc1)c1ccccc1. The van der Waals surface area contributed by atoms with E-state index in [9.17, 15) is 4.79 Å². The Morgan fingerprint density at radius 2 is 1.55 bits per heavy atom. The molecule has 22 heavy (non-hydrogen) atoms. The Bertz CT molecular complexity index is 583. The molecule has 0 bridgehead atoms. The maximum absolute atomic E-state index is 12.9. The molecule has 2 nitrogen and oxygen atoms in total. The quantitative estimate of drug-likeness (QED) is 0.662. The highest BCUT2D eigenvalue weighted by molar-refractivity contribution is 9.10. The number of alkyl halides is 1. The van der Waals surface area contributed by atoms with E-state index in [-0.39, 0.29) is 10.7 Å². The third kappa shape index (κ3) is 4.70. The summed E-state index contributed by atoms with van der Waals surface area (Å²) in [6, 6.07) is 20.0. The number of carbonyl (C=O) groups is 1. The lowest BCUT2D eigenvalue weighted by Crippen LogP contribution is -2.36. The van der Waals surface area contributed by atoms with Crippen molar-refractivity contribution < 1.29 is 4.79 Å². The smallest absolute Gasteiger partial charge is 0.241 e. The number of hydrogen-bond donors (Lipinski definition) is 0. The van der Waals surface area contributed by atoms with Gasteiger partial charge >= 0.3 is 0 Å². The van der Waals surface area contributed by atoms with Crippen molar-refractivity contribution in [3.8, 4) is 0 Å². The summed E-state index contributed by atoms with van der Waals surface area (Å²) in [6.07, 6.45) is 0.830. The van der Waals surface area contributed by atoms with E-state index in [2.05, 4.69) is 41.9 Å². The summed E-state index contributed by atoms with van der Waals surface area (Å²) in [6.45, 7) is 4.85. The minimum atomic E-state index is -0.156. The lowest BCUT2D eigenvalue weighted by Gasteiger charge is -2.26. The Kier molecular flexibility index (Phi) is 6.20. The van der Waals surface area contributed by atoms with E-state index in [4.69, 9.17) is 0 Å². The molecule has 0 heterocycles. The summed E-state index contributed by atoms with van der Waals surface area (Å²) >= 11 is 3.56. The van der Waals surface area contributed by atoms with Crippen molar-refractivity contribution in [2.75, 3.05) is 4.90 Å². The number of benzene rings is 2. The van der Waals surface area contributed by atoms with Gasteiger partial charge in [-0.2, -0.15) is 0 Å². The van der Waals surface area contributed by atoms with Crippen molar-refractivity contribution in [2.45, 2.75) is 31.6 Å². The van der Waals surface area contributed by atoms with Gasteiger partial charge in [0.05, 0.1) is 11.4 Å². The summed E-state index contributed by atoms with van der Waals surface area (Å²) in [4.78, 5) is 14.6. The summed E-state index contributed by atoms with van der Waals surface area (Å²) in [5.74, 6) is 0.589. The summed E-state index contributed by atoms with van der Waals surface area (Å²) in [5, 5.41) is 0. The molecule has 1 unspecified atom stereocenters. The van der Waals surface area contributed by atoms with Gasteiger partial charge in [-0.25, -0.2) is 0 Å². The zero-order valence-electron chi connectivity index (χ0n) is 13.1. The highest BCUT2D eigenvalue weighted by Gasteiger charge is 2.24. The summed E-state index contributed by atoms with van der Waals surface area (Å²) < 4.78 is 0. The van der Waals surface area contributed by atoms with Crippen LogP contribution in [0.3, 0.4) is 0 Å². The lowest BCUT2D eigenvalue weighted by molar-refractivity contribution is -0.118. The van der Waals surface area contributed by atoms with Crippen LogP contribution >= 0.6 is 15.9 Å².